The van der Waals surface area contributed by atoms with Gasteiger partial charge in [-0.3, -0.25) is 4.79 Å². The number of rotatable bonds is 4. The largest absolute Gasteiger partial charge is 0.504 e. The van der Waals surface area contributed by atoms with E-state index in [1.165, 1.54) is 6.33 Å². The van der Waals surface area contributed by atoms with Crippen LogP contribution in [0.15, 0.2) is 35.8 Å². The maximum Gasteiger partial charge on any atom is 0.254 e. The van der Waals surface area contributed by atoms with E-state index < -0.39 is 6.04 Å². The smallest absolute Gasteiger partial charge is 0.254 e. The molecule has 28 heavy (non-hydrogen) atoms. The zero-order valence-corrected chi connectivity index (χ0v) is 15.9. The molecular formula is C19H23N5O4. The topological polar surface area (TPSA) is 102 Å². The van der Waals surface area contributed by atoms with Crippen molar-refractivity contribution in [2.75, 3.05) is 38.2 Å². The molecule has 2 aromatic rings. The number of hydrogen-bond acceptors (Lipinski definition) is 7. The highest BCUT2D eigenvalue weighted by Crippen LogP contribution is 2.38. The van der Waals surface area contributed by atoms with Crippen molar-refractivity contribution in [1.29, 1.82) is 0 Å². The predicted molar refractivity (Wildman–Crippen MR) is 101 cm³/mol. The molecule has 0 spiro atoms. The Morgan fingerprint density at radius 1 is 1.39 bits per heavy atom. The summed E-state index contributed by atoms with van der Waals surface area (Å²) < 4.78 is 12.6. The van der Waals surface area contributed by atoms with Gasteiger partial charge in [0.2, 0.25) is 5.95 Å². The molecule has 2 aliphatic heterocycles. The van der Waals surface area contributed by atoms with Crippen LogP contribution in [0.2, 0.25) is 0 Å². The molecule has 1 fully saturated rings. The lowest BCUT2D eigenvalue weighted by atomic mass is 9.94. The van der Waals surface area contributed by atoms with E-state index in [1.54, 1.807) is 27.8 Å². The highest BCUT2D eigenvalue weighted by molar-refractivity contribution is 5.96. The van der Waals surface area contributed by atoms with Gasteiger partial charge in [0.05, 0.1) is 25.4 Å². The van der Waals surface area contributed by atoms with Gasteiger partial charge in [0.15, 0.2) is 11.5 Å². The number of allylic oxidation sites excluding steroid dienone is 1. The van der Waals surface area contributed by atoms with Crippen molar-refractivity contribution < 1.29 is 19.4 Å². The molecule has 1 aromatic carbocycles. The normalized spacial score (nSPS) is 19.2. The summed E-state index contributed by atoms with van der Waals surface area (Å²) in [4.78, 5) is 19.4. The fourth-order valence-electron chi connectivity index (χ4n) is 3.58. The third-order valence-electron chi connectivity index (χ3n) is 4.92. The molecule has 2 aliphatic rings. The van der Waals surface area contributed by atoms with Crippen LogP contribution in [0.4, 0.5) is 5.95 Å². The highest BCUT2D eigenvalue weighted by atomic mass is 16.5. The molecule has 9 heteroatoms. The number of phenolic OH excluding ortho intramolecular Hbond substituents is 1. The van der Waals surface area contributed by atoms with Crippen molar-refractivity contribution in [1.82, 2.24) is 19.7 Å². The second-order valence-corrected chi connectivity index (χ2v) is 6.66. The van der Waals surface area contributed by atoms with Crippen LogP contribution in [0.3, 0.4) is 0 Å². The quantitative estimate of drug-likeness (QED) is 0.823. The van der Waals surface area contributed by atoms with Crippen molar-refractivity contribution in [3.8, 4) is 11.5 Å². The number of aromatic hydroxyl groups is 1. The Balaban J connectivity index is 1.79. The van der Waals surface area contributed by atoms with Gasteiger partial charge in [0, 0.05) is 18.8 Å². The van der Waals surface area contributed by atoms with Crippen molar-refractivity contribution in [2.45, 2.75) is 19.9 Å². The first-order valence-corrected chi connectivity index (χ1v) is 9.30. The molecule has 2 N–H and O–H groups in total. The molecule has 1 saturated heterocycles. The molecule has 4 rings (SSSR count). The summed E-state index contributed by atoms with van der Waals surface area (Å²) >= 11 is 0. The van der Waals surface area contributed by atoms with E-state index in [2.05, 4.69) is 15.4 Å². The van der Waals surface area contributed by atoms with Gasteiger partial charge in [-0.2, -0.15) is 10.1 Å². The second kappa shape index (κ2) is 7.51. The molecule has 1 unspecified atom stereocenters. The summed E-state index contributed by atoms with van der Waals surface area (Å²) in [5, 5.41) is 17.6. The van der Waals surface area contributed by atoms with Gasteiger partial charge in [0.1, 0.15) is 12.4 Å². The number of hydrogen-bond donors (Lipinski definition) is 2. The average molecular weight is 385 g/mol. The average Bonchev–Trinajstić information content (AvgIpc) is 3.17. The van der Waals surface area contributed by atoms with E-state index in [0.29, 0.717) is 50.2 Å². The number of fused-ring (bicyclic) bond motifs is 1. The van der Waals surface area contributed by atoms with Gasteiger partial charge < -0.3 is 24.8 Å². The lowest BCUT2D eigenvalue weighted by Gasteiger charge is -2.34. The maximum atomic E-state index is 13.4. The molecule has 3 heterocycles. The van der Waals surface area contributed by atoms with E-state index in [1.807, 2.05) is 13.8 Å². The lowest BCUT2D eigenvalue weighted by molar-refractivity contribution is -0.131. The van der Waals surface area contributed by atoms with Crippen molar-refractivity contribution in [2.24, 2.45) is 0 Å². The minimum atomic E-state index is -0.478. The number of amides is 1. The molecular weight excluding hydrogens is 362 g/mol. The van der Waals surface area contributed by atoms with Crippen molar-refractivity contribution >= 4 is 11.9 Å². The number of phenols is 1. The summed E-state index contributed by atoms with van der Waals surface area (Å²) in [5.41, 5.74) is 2.10. The number of carbonyl (C=O) groups is 1. The summed E-state index contributed by atoms with van der Waals surface area (Å²) in [6.45, 7) is 6.29. The van der Waals surface area contributed by atoms with Crippen LogP contribution in [-0.2, 0) is 9.53 Å². The first-order valence-electron chi connectivity index (χ1n) is 9.30. The molecule has 148 valence electrons. The Hall–Kier alpha value is -3.07. The lowest BCUT2D eigenvalue weighted by Crippen LogP contribution is -2.44. The zero-order valence-electron chi connectivity index (χ0n) is 15.9. The standard InChI is InChI=1S/C19H23N5O4/c1-3-28-15-10-13(4-5-14(15)25)17-16(18(26)23-6-8-27-9-7-23)12(2)22-19-20-11-21-24(17)19/h4-5,10-11,17,25H,3,6-9H2,1-2H3,(H,20,21,22). The Morgan fingerprint density at radius 3 is 2.93 bits per heavy atom. The van der Waals surface area contributed by atoms with Crippen LogP contribution >= 0.6 is 0 Å². The molecule has 0 radical (unpaired) electrons. The monoisotopic (exact) mass is 385 g/mol. The minimum Gasteiger partial charge on any atom is -0.504 e. The summed E-state index contributed by atoms with van der Waals surface area (Å²) in [5.74, 6) is 0.925. The Labute approximate surface area is 162 Å². The van der Waals surface area contributed by atoms with E-state index in [0.717, 1.165) is 11.3 Å². The van der Waals surface area contributed by atoms with Gasteiger partial charge in [-0.05, 0) is 31.5 Å². The van der Waals surface area contributed by atoms with E-state index in [4.69, 9.17) is 9.47 Å². The van der Waals surface area contributed by atoms with Gasteiger partial charge in [0.25, 0.3) is 5.91 Å². The van der Waals surface area contributed by atoms with Crippen LogP contribution in [0.25, 0.3) is 0 Å². The summed E-state index contributed by atoms with van der Waals surface area (Å²) in [6, 6.07) is 4.62. The van der Waals surface area contributed by atoms with Crippen LogP contribution in [0, 0.1) is 0 Å². The number of anilines is 1. The Bertz CT molecular complexity index is 917. The van der Waals surface area contributed by atoms with Crippen LogP contribution in [-0.4, -0.2) is 63.6 Å². The fraction of sp³-hybridized carbons (Fsp3) is 0.421. The van der Waals surface area contributed by atoms with Crippen LogP contribution in [0.5, 0.6) is 11.5 Å². The van der Waals surface area contributed by atoms with Crippen molar-refractivity contribution in [3.05, 3.63) is 41.4 Å². The number of carbonyl (C=O) groups excluding carboxylic acids is 1. The van der Waals surface area contributed by atoms with Crippen LogP contribution < -0.4 is 10.1 Å². The number of nitrogens with one attached hydrogen (secondary N) is 1. The molecule has 1 atom stereocenters. The highest BCUT2D eigenvalue weighted by Gasteiger charge is 2.36. The zero-order chi connectivity index (χ0) is 19.7. The third kappa shape index (κ3) is 3.18. The predicted octanol–water partition coefficient (Wildman–Crippen LogP) is 1.53. The Morgan fingerprint density at radius 2 is 2.18 bits per heavy atom. The molecule has 0 aliphatic carbocycles. The number of morpholine rings is 1. The number of aromatic nitrogens is 3. The van der Waals surface area contributed by atoms with Crippen molar-refractivity contribution in [3.63, 3.8) is 0 Å². The molecule has 1 amide bonds. The molecule has 1 aromatic heterocycles. The van der Waals surface area contributed by atoms with Crippen LogP contribution in [0.1, 0.15) is 25.5 Å². The number of ether oxygens (including phenoxy) is 2. The Kier molecular flexibility index (Phi) is 4.91. The summed E-state index contributed by atoms with van der Waals surface area (Å²) in [6.07, 6.45) is 1.45. The SMILES string of the molecule is CCOc1cc(C2C(C(=O)N3CCOCC3)=C(C)Nc3ncnn32)ccc1O. The van der Waals surface area contributed by atoms with E-state index >= 15 is 0 Å². The van der Waals surface area contributed by atoms with E-state index in [-0.39, 0.29) is 11.7 Å². The molecule has 0 bridgehead atoms. The number of benzene rings is 1. The first kappa shape index (κ1) is 18.3. The third-order valence-corrected chi connectivity index (χ3v) is 4.92. The number of nitrogens with zero attached hydrogens (tertiary/aromatic N) is 4. The summed E-state index contributed by atoms with van der Waals surface area (Å²) in [7, 11) is 0. The molecule has 9 nitrogen and oxygen atoms in total. The van der Waals surface area contributed by atoms with Gasteiger partial charge >= 0.3 is 0 Å². The van der Waals surface area contributed by atoms with Gasteiger partial charge in [-0.15, -0.1) is 0 Å². The van der Waals surface area contributed by atoms with E-state index in [9.17, 15) is 9.90 Å². The maximum absolute atomic E-state index is 13.4. The molecule has 0 saturated carbocycles. The first-order chi connectivity index (χ1) is 13.6. The van der Waals surface area contributed by atoms with Gasteiger partial charge in [-0.1, -0.05) is 6.07 Å². The minimum absolute atomic E-state index is 0.0557. The fourth-order valence-corrected chi connectivity index (χ4v) is 3.58. The second-order valence-electron chi connectivity index (χ2n) is 6.66. The van der Waals surface area contributed by atoms with Gasteiger partial charge in [-0.25, -0.2) is 4.68 Å².